The van der Waals surface area contributed by atoms with E-state index in [1.54, 1.807) is 0 Å². The van der Waals surface area contributed by atoms with Crippen molar-refractivity contribution in [3.63, 3.8) is 0 Å². The molecule has 0 saturated heterocycles. The summed E-state index contributed by atoms with van der Waals surface area (Å²) < 4.78 is 0. The highest BCUT2D eigenvalue weighted by atomic mass is 79.9. The van der Waals surface area contributed by atoms with Crippen LogP contribution in [0.3, 0.4) is 0 Å². The first-order chi connectivity index (χ1) is 8.13. The number of aliphatic hydroxyl groups is 1. The van der Waals surface area contributed by atoms with Crippen LogP contribution in [0.15, 0.2) is 24.3 Å². The maximum Gasteiger partial charge on any atom is 0.0659 e. The van der Waals surface area contributed by atoms with Gasteiger partial charge in [-0.3, -0.25) is 0 Å². The Balaban J connectivity index is 2.47. The molecule has 3 heteroatoms. The minimum Gasteiger partial charge on any atom is -0.392 e. The third kappa shape index (κ3) is 1.92. The smallest absolute Gasteiger partial charge is 0.0659 e. The van der Waals surface area contributed by atoms with Crippen molar-refractivity contribution in [3.8, 4) is 0 Å². The van der Waals surface area contributed by atoms with Crippen molar-refractivity contribution >= 4 is 27.5 Å². The van der Waals surface area contributed by atoms with Crippen molar-refractivity contribution in [1.29, 1.82) is 0 Å². The fourth-order valence-corrected chi connectivity index (χ4v) is 4.59. The number of alkyl halides is 2. The topological polar surface area (TPSA) is 20.2 Å². The summed E-state index contributed by atoms with van der Waals surface area (Å²) >= 11 is 10.2. The molecule has 0 heterocycles. The normalized spacial score (nSPS) is 47.6. The second-order valence-corrected chi connectivity index (χ2v) is 8.54. The molecule has 2 aliphatic rings. The van der Waals surface area contributed by atoms with E-state index >= 15 is 0 Å². The van der Waals surface area contributed by atoms with E-state index < -0.39 is 6.10 Å². The average Bonchev–Trinajstić information content (AvgIpc) is 2.20. The van der Waals surface area contributed by atoms with Gasteiger partial charge in [-0.15, -0.1) is 11.6 Å². The van der Waals surface area contributed by atoms with Crippen LogP contribution in [0.25, 0.3) is 0 Å². The highest BCUT2D eigenvalue weighted by molar-refractivity contribution is 9.09. The molecule has 1 spiro atoms. The predicted molar refractivity (Wildman–Crippen MR) is 81.3 cm³/mol. The highest BCUT2D eigenvalue weighted by Crippen LogP contribution is 2.61. The lowest BCUT2D eigenvalue weighted by molar-refractivity contribution is -0.0540. The monoisotopic (exact) mass is 332 g/mol. The Kier molecular flexibility index (Phi) is 3.54. The summed E-state index contributed by atoms with van der Waals surface area (Å²) in [5, 5.41) is 10.7. The number of halogens is 2. The molecule has 0 unspecified atom stereocenters. The Labute approximate surface area is 123 Å². The lowest BCUT2D eigenvalue weighted by Gasteiger charge is -2.58. The van der Waals surface area contributed by atoms with E-state index in [2.05, 4.69) is 48.5 Å². The van der Waals surface area contributed by atoms with E-state index in [4.69, 9.17) is 11.6 Å². The molecule has 2 rings (SSSR count). The van der Waals surface area contributed by atoms with Crippen molar-refractivity contribution in [2.75, 3.05) is 0 Å². The molecule has 2 aliphatic carbocycles. The molecule has 0 aromatic carbocycles. The minimum atomic E-state index is -0.429. The van der Waals surface area contributed by atoms with Gasteiger partial charge in [0.25, 0.3) is 0 Å². The molecule has 1 fully saturated rings. The van der Waals surface area contributed by atoms with Gasteiger partial charge < -0.3 is 5.11 Å². The molecule has 4 atom stereocenters. The molecule has 1 saturated carbocycles. The first kappa shape index (κ1) is 14.6. The molecular weight excluding hydrogens is 312 g/mol. The van der Waals surface area contributed by atoms with Crippen LogP contribution in [-0.4, -0.2) is 20.9 Å². The Morgan fingerprint density at radius 3 is 2.56 bits per heavy atom. The van der Waals surface area contributed by atoms with Crippen LogP contribution in [-0.2, 0) is 0 Å². The van der Waals surface area contributed by atoms with Gasteiger partial charge in [0, 0.05) is 10.2 Å². The van der Waals surface area contributed by atoms with E-state index in [9.17, 15) is 5.11 Å². The third-order valence-corrected chi connectivity index (χ3v) is 7.01. The van der Waals surface area contributed by atoms with Gasteiger partial charge in [-0.25, -0.2) is 0 Å². The van der Waals surface area contributed by atoms with Crippen LogP contribution in [0.2, 0.25) is 0 Å². The van der Waals surface area contributed by atoms with Crippen molar-refractivity contribution in [2.45, 2.75) is 55.8 Å². The predicted octanol–water partition coefficient (Wildman–Crippen LogP) is 4.43. The second-order valence-electron chi connectivity index (χ2n) is 6.57. The number of allylic oxidation sites excluding steroid dienone is 2. The van der Waals surface area contributed by atoms with Gasteiger partial charge in [-0.1, -0.05) is 54.1 Å². The third-order valence-electron chi connectivity index (χ3n) is 5.00. The summed E-state index contributed by atoms with van der Waals surface area (Å²) in [5.74, 6) is 0. The van der Waals surface area contributed by atoms with E-state index in [0.717, 1.165) is 18.4 Å². The number of rotatable bonds is 0. The van der Waals surface area contributed by atoms with Crippen molar-refractivity contribution in [2.24, 2.45) is 10.8 Å². The zero-order chi connectivity index (χ0) is 13.8. The van der Waals surface area contributed by atoms with Crippen LogP contribution in [0.5, 0.6) is 0 Å². The van der Waals surface area contributed by atoms with Gasteiger partial charge in [0.1, 0.15) is 0 Å². The molecule has 0 aliphatic heterocycles. The molecule has 0 aromatic rings. The molecule has 0 bridgehead atoms. The quantitative estimate of drug-likeness (QED) is 0.513. The number of hydrogen-bond donors (Lipinski definition) is 1. The maximum atomic E-state index is 10.7. The maximum absolute atomic E-state index is 10.7. The SMILES string of the molecule is C=C1CC=CC(C)(C)[C@@]12C[C@H](Br)[C@@](C)(Cl)C[C@@H]2O. The van der Waals surface area contributed by atoms with Gasteiger partial charge in [0.2, 0.25) is 0 Å². The fraction of sp³-hybridized carbons (Fsp3) is 0.733. The van der Waals surface area contributed by atoms with E-state index in [1.165, 1.54) is 0 Å². The fourth-order valence-electron chi connectivity index (χ4n) is 3.67. The lowest BCUT2D eigenvalue weighted by Crippen LogP contribution is -2.58. The van der Waals surface area contributed by atoms with Crippen molar-refractivity contribution in [1.82, 2.24) is 0 Å². The Bertz CT molecular complexity index is 399. The van der Waals surface area contributed by atoms with Crippen molar-refractivity contribution < 1.29 is 5.11 Å². The largest absolute Gasteiger partial charge is 0.392 e. The second kappa shape index (κ2) is 4.36. The van der Waals surface area contributed by atoms with Crippen LogP contribution < -0.4 is 0 Å². The molecular formula is C15H22BrClO. The summed E-state index contributed by atoms with van der Waals surface area (Å²) in [6, 6.07) is 0. The summed E-state index contributed by atoms with van der Waals surface area (Å²) in [4.78, 5) is -0.195. The summed E-state index contributed by atoms with van der Waals surface area (Å²) in [6.45, 7) is 10.6. The van der Waals surface area contributed by atoms with E-state index in [1.807, 2.05) is 6.92 Å². The molecule has 0 radical (unpaired) electrons. The number of aliphatic hydroxyl groups excluding tert-OH is 1. The Morgan fingerprint density at radius 1 is 1.39 bits per heavy atom. The molecule has 18 heavy (non-hydrogen) atoms. The average molecular weight is 334 g/mol. The summed E-state index contributed by atoms with van der Waals surface area (Å²) in [6.07, 6.45) is 6.25. The first-order valence-electron chi connectivity index (χ1n) is 6.50. The molecule has 1 N–H and O–H groups in total. The Morgan fingerprint density at radius 2 is 2.00 bits per heavy atom. The Hall–Kier alpha value is 0.210. The zero-order valence-corrected chi connectivity index (χ0v) is 13.7. The molecule has 0 amide bonds. The van der Waals surface area contributed by atoms with Crippen molar-refractivity contribution in [3.05, 3.63) is 24.3 Å². The van der Waals surface area contributed by atoms with Gasteiger partial charge in [0.15, 0.2) is 0 Å². The summed E-state index contributed by atoms with van der Waals surface area (Å²) in [5.41, 5.74) is 0.796. The highest BCUT2D eigenvalue weighted by Gasteiger charge is 2.58. The molecule has 1 nitrogen and oxygen atoms in total. The van der Waals surface area contributed by atoms with Crippen LogP contribution in [0.4, 0.5) is 0 Å². The van der Waals surface area contributed by atoms with Crippen LogP contribution >= 0.6 is 27.5 Å². The summed E-state index contributed by atoms with van der Waals surface area (Å²) in [7, 11) is 0. The standard InChI is InChI=1S/C15H22BrClO/c1-10-6-5-7-13(2,3)15(10)8-11(16)14(4,17)9-12(15)18/h5,7,11-12,18H,1,6,8-9H2,2-4H3/t11-,12-,14-,15-/m0/s1. The minimum absolute atomic E-state index is 0.0822. The molecule has 102 valence electrons. The van der Waals surface area contributed by atoms with Gasteiger partial charge in [-0.2, -0.15) is 0 Å². The zero-order valence-electron chi connectivity index (χ0n) is 11.3. The number of hydrogen-bond acceptors (Lipinski definition) is 1. The molecule has 0 aromatic heterocycles. The van der Waals surface area contributed by atoms with Gasteiger partial charge >= 0.3 is 0 Å². The van der Waals surface area contributed by atoms with Crippen LogP contribution in [0, 0.1) is 10.8 Å². The van der Waals surface area contributed by atoms with Gasteiger partial charge in [-0.05, 0) is 31.6 Å². The van der Waals surface area contributed by atoms with Gasteiger partial charge in [0.05, 0.1) is 11.0 Å². The van der Waals surface area contributed by atoms with Crippen LogP contribution in [0.1, 0.15) is 40.0 Å². The lowest BCUT2D eigenvalue weighted by atomic mass is 9.50. The first-order valence-corrected chi connectivity index (χ1v) is 7.80. The van der Waals surface area contributed by atoms with E-state index in [-0.39, 0.29) is 20.5 Å². The van der Waals surface area contributed by atoms with E-state index in [0.29, 0.717) is 6.42 Å².